The van der Waals surface area contributed by atoms with Crippen LogP contribution in [0.25, 0.3) is 0 Å². The summed E-state index contributed by atoms with van der Waals surface area (Å²) in [7, 11) is 2.23. The number of nitrogens with one attached hydrogen (secondary N) is 1. The first kappa shape index (κ1) is 16.3. The minimum absolute atomic E-state index is 0.281. The summed E-state index contributed by atoms with van der Waals surface area (Å²) in [6.45, 7) is 15.6. The van der Waals surface area contributed by atoms with E-state index in [9.17, 15) is 0 Å². The molecule has 0 spiro atoms. The van der Waals surface area contributed by atoms with Crippen molar-refractivity contribution < 1.29 is 0 Å². The van der Waals surface area contributed by atoms with Crippen LogP contribution >= 0.6 is 0 Å². The van der Waals surface area contributed by atoms with E-state index >= 15 is 0 Å². The predicted molar refractivity (Wildman–Crippen MR) is 87.2 cm³/mol. The van der Waals surface area contributed by atoms with Gasteiger partial charge in [-0.3, -0.25) is 4.90 Å². The van der Waals surface area contributed by atoms with Crippen LogP contribution in [0.2, 0.25) is 0 Å². The number of likely N-dealkylation sites (N-methyl/N-ethyl adjacent to an activating group) is 1. The lowest BCUT2D eigenvalue weighted by atomic mass is 9.75. The molecule has 2 rings (SSSR count). The van der Waals surface area contributed by atoms with Crippen LogP contribution in [0.15, 0.2) is 0 Å². The summed E-state index contributed by atoms with van der Waals surface area (Å²) in [5.74, 6) is 0. The van der Waals surface area contributed by atoms with E-state index in [-0.39, 0.29) is 5.54 Å². The van der Waals surface area contributed by atoms with Gasteiger partial charge in [-0.1, -0.05) is 20.3 Å². The third-order valence-corrected chi connectivity index (χ3v) is 5.39. The average molecular weight is 281 g/mol. The Balaban J connectivity index is 1.79. The van der Waals surface area contributed by atoms with Gasteiger partial charge in [-0.25, -0.2) is 0 Å². The van der Waals surface area contributed by atoms with E-state index in [1.807, 2.05) is 0 Å². The third-order valence-electron chi connectivity index (χ3n) is 5.39. The molecule has 2 aliphatic rings. The van der Waals surface area contributed by atoms with Crippen molar-refractivity contribution in [2.75, 3.05) is 39.8 Å². The molecule has 1 unspecified atom stereocenters. The van der Waals surface area contributed by atoms with Gasteiger partial charge in [-0.15, -0.1) is 0 Å². The van der Waals surface area contributed by atoms with Crippen molar-refractivity contribution in [3.63, 3.8) is 0 Å². The van der Waals surface area contributed by atoms with Gasteiger partial charge in [-0.05, 0) is 45.6 Å². The number of nitrogens with zero attached hydrogens (tertiary/aromatic N) is 2. The lowest BCUT2D eigenvalue weighted by molar-refractivity contribution is 0.0569. The zero-order chi connectivity index (χ0) is 14.8. The molecule has 1 heterocycles. The van der Waals surface area contributed by atoms with E-state index < -0.39 is 0 Å². The van der Waals surface area contributed by atoms with Gasteiger partial charge in [0.25, 0.3) is 0 Å². The lowest BCUT2D eigenvalue weighted by Gasteiger charge is -2.45. The van der Waals surface area contributed by atoms with Crippen molar-refractivity contribution in [1.82, 2.24) is 15.1 Å². The Kier molecular flexibility index (Phi) is 5.14. The molecule has 0 aromatic heterocycles. The van der Waals surface area contributed by atoms with Crippen LogP contribution in [0.3, 0.4) is 0 Å². The molecule has 1 atom stereocenters. The monoisotopic (exact) mass is 281 g/mol. The summed E-state index contributed by atoms with van der Waals surface area (Å²) < 4.78 is 0. The Morgan fingerprint density at radius 2 is 1.80 bits per heavy atom. The van der Waals surface area contributed by atoms with Gasteiger partial charge in [0.15, 0.2) is 0 Å². The van der Waals surface area contributed by atoms with Crippen LogP contribution in [0, 0.1) is 5.41 Å². The van der Waals surface area contributed by atoms with E-state index in [0.29, 0.717) is 5.41 Å². The maximum Gasteiger partial charge on any atom is 0.0278 e. The van der Waals surface area contributed by atoms with Crippen LogP contribution in [0.4, 0.5) is 0 Å². The maximum absolute atomic E-state index is 3.87. The summed E-state index contributed by atoms with van der Waals surface area (Å²) in [5, 5.41) is 3.87. The van der Waals surface area contributed by atoms with Crippen LogP contribution in [-0.2, 0) is 0 Å². The molecule has 118 valence electrons. The summed E-state index contributed by atoms with van der Waals surface area (Å²) in [6, 6.07) is 0.727. The van der Waals surface area contributed by atoms with Crippen molar-refractivity contribution in [3.8, 4) is 0 Å². The molecule has 1 saturated carbocycles. The maximum atomic E-state index is 3.87. The van der Waals surface area contributed by atoms with Crippen molar-refractivity contribution in [2.24, 2.45) is 5.41 Å². The number of piperazine rings is 1. The Hall–Kier alpha value is -0.120. The van der Waals surface area contributed by atoms with Crippen molar-refractivity contribution in [1.29, 1.82) is 0 Å². The van der Waals surface area contributed by atoms with Crippen LogP contribution in [0.1, 0.15) is 53.4 Å². The molecule has 1 aliphatic carbocycles. The van der Waals surface area contributed by atoms with Crippen LogP contribution in [-0.4, -0.2) is 61.2 Å². The zero-order valence-corrected chi connectivity index (χ0v) is 14.3. The quantitative estimate of drug-likeness (QED) is 0.854. The van der Waals surface area contributed by atoms with Gasteiger partial charge >= 0.3 is 0 Å². The Bertz CT molecular complexity index is 303. The standard InChI is InChI=1S/C17H35N3/c1-16(2)8-6-7-15(13-16)18-14-17(3,4)20-11-9-19(5)10-12-20/h15,18H,6-14H2,1-5H3. The molecule has 2 fully saturated rings. The minimum Gasteiger partial charge on any atom is -0.312 e. The molecule has 1 N–H and O–H groups in total. The van der Waals surface area contributed by atoms with E-state index in [0.717, 1.165) is 12.6 Å². The van der Waals surface area contributed by atoms with E-state index in [4.69, 9.17) is 0 Å². The highest BCUT2D eigenvalue weighted by Crippen LogP contribution is 2.35. The average Bonchev–Trinajstić information content (AvgIpc) is 2.36. The van der Waals surface area contributed by atoms with Crippen molar-refractivity contribution in [3.05, 3.63) is 0 Å². The van der Waals surface area contributed by atoms with Gasteiger partial charge in [0, 0.05) is 44.3 Å². The van der Waals surface area contributed by atoms with E-state index in [2.05, 4.69) is 49.9 Å². The number of rotatable bonds is 4. The summed E-state index contributed by atoms with van der Waals surface area (Å²) in [5.41, 5.74) is 0.816. The molecule has 0 aromatic rings. The van der Waals surface area contributed by atoms with Gasteiger partial charge < -0.3 is 10.2 Å². The number of hydrogen-bond acceptors (Lipinski definition) is 3. The predicted octanol–water partition coefficient (Wildman–Crippen LogP) is 2.57. The second kappa shape index (κ2) is 6.33. The topological polar surface area (TPSA) is 18.5 Å². The molecule has 3 nitrogen and oxygen atoms in total. The van der Waals surface area contributed by atoms with Crippen molar-refractivity contribution in [2.45, 2.75) is 65.0 Å². The molecular formula is C17H35N3. The normalized spacial score (nSPS) is 29.6. The highest BCUT2D eigenvalue weighted by atomic mass is 15.3. The molecule has 3 heteroatoms. The molecule has 1 saturated heterocycles. The summed E-state index contributed by atoms with van der Waals surface area (Å²) in [4.78, 5) is 5.09. The van der Waals surface area contributed by atoms with Gasteiger partial charge in [0.1, 0.15) is 0 Å². The zero-order valence-electron chi connectivity index (χ0n) is 14.3. The van der Waals surface area contributed by atoms with Crippen LogP contribution < -0.4 is 5.32 Å². The fourth-order valence-electron chi connectivity index (χ4n) is 3.79. The molecule has 1 aliphatic heterocycles. The first-order chi connectivity index (χ1) is 9.28. The van der Waals surface area contributed by atoms with E-state index in [1.54, 1.807) is 0 Å². The number of hydrogen-bond donors (Lipinski definition) is 1. The second-order valence-electron chi connectivity index (χ2n) is 8.44. The molecule has 0 amide bonds. The van der Waals surface area contributed by atoms with Crippen LogP contribution in [0.5, 0.6) is 0 Å². The molecule has 0 aromatic carbocycles. The smallest absolute Gasteiger partial charge is 0.0278 e. The van der Waals surface area contributed by atoms with E-state index in [1.165, 1.54) is 51.9 Å². The lowest BCUT2D eigenvalue weighted by Crippen LogP contribution is -2.58. The third kappa shape index (κ3) is 4.44. The first-order valence-corrected chi connectivity index (χ1v) is 8.46. The molecule has 20 heavy (non-hydrogen) atoms. The van der Waals surface area contributed by atoms with Gasteiger partial charge in [0.05, 0.1) is 0 Å². The fourth-order valence-corrected chi connectivity index (χ4v) is 3.79. The SMILES string of the molecule is CN1CCN(C(C)(C)CNC2CCCC(C)(C)C2)CC1. The molecular weight excluding hydrogens is 246 g/mol. The second-order valence-corrected chi connectivity index (χ2v) is 8.44. The molecule has 0 bridgehead atoms. The largest absolute Gasteiger partial charge is 0.312 e. The highest BCUT2D eigenvalue weighted by Gasteiger charge is 2.32. The fraction of sp³-hybridized carbons (Fsp3) is 1.00. The molecule has 0 radical (unpaired) electrons. The Labute approximate surface area is 126 Å². The summed E-state index contributed by atoms with van der Waals surface area (Å²) in [6.07, 6.45) is 5.49. The van der Waals surface area contributed by atoms with Gasteiger partial charge in [0.2, 0.25) is 0 Å². The van der Waals surface area contributed by atoms with Crippen molar-refractivity contribution >= 4 is 0 Å². The first-order valence-electron chi connectivity index (χ1n) is 8.46. The highest BCUT2D eigenvalue weighted by molar-refractivity contribution is 4.90. The summed E-state index contributed by atoms with van der Waals surface area (Å²) >= 11 is 0. The Morgan fingerprint density at radius 1 is 1.15 bits per heavy atom. The Morgan fingerprint density at radius 3 is 2.40 bits per heavy atom. The van der Waals surface area contributed by atoms with Gasteiger partial charge in [-0.2, -0.15) is 0 Å². The minimum atomic E-state index is 0.281.